The summed E-state index contributed by atoms with van der Waals surface area (Å²) in [4.78, 5) is 36.7. The Labute approximate surface area is 171 Å². The van der Waals surface area contributed by atoms with Crippen LogP contribution in [0.1, 0.15) is 51.6 Å². The molecule has 8 nitrogen and oxygen atoms in total. The first kappa shape index (κ1) is 22.7. The third-order valence-electron chi connectivity index (χ3n) is 4.55. The summed E-state index contributed by atoms with van der Waals surface area (Å²) in [5.74, 6) is -1.77. The average molecular weight is 406 g/mol. The van der Waals surface area contributed by atoms with Crippen LogP contribution in [0.15, 0.2) is 30.3 Å². The lowest BCUT2D eigenvalue weighted by Crippen LogP contribution is -2.44. The molecule has 160 valence electrons. The summed E-state index contributed by atoms with van der Waals surface area (Å²) in [6, 6.07) is 7.45. The van der Waals surface area contributed by atoms with Gasteiger partial charge in [0.25, 0.3) is 0 Å². The molecule has 1 fully saturated rings. The van der Waals surface area contributed by atoms with E-state index >= 15 is 0 Å². The summed E-state index contributed by atoms with van der Waals surface area (Å²) in [7, 11) is 0. The van der Waals surface area contributed by atoms with E-state index in [2.05, 4.69) is 10.6 Å². The summed E-state index contributed by atoms with van der Waals surface area (Å²) < 4.78 is 10.6. The molecule has 0 bridgehead atoms. The molecule has 0 aromatic heterocycles. The van der Waals surface area contributed by atoms with Gasteiger partial charge in [-0.25, -0.2) is 9.59 Å². The Bertz CT molecular complexity index is 695. The van der Waals surface area contributed by atoms with Crippen molar-refractivity contribution in [3.63, 3.8) is 0 Å². The number of carboxylic acid groups (broad SMARTS) is 1. The lowest BCUT2D eigenvalue weighted by Gasteiger charge is -2.28. The number of carboxylic acids is 1. The molecule has 8 heteroatoms. The Balaban J connectivity index is 2.16. The van der Waals surface area contributed by atoms with Gasteiger partial charge in [0.15, 0.2) is 0 Å². The highest BCUT2D eigenvalue weighted by molar-refractivity contribution is 5.80. The highest BCUT2D eigenvalue weighted by atomic mass is 16.6. The number of rotatable bonds is 7. The number of carbonyl (C=O) groups is 3. The molecular weight excluding hydrogens is 376 g/mol. The van der Waals surface area contributed by atoms with Gasteiger partial charge >= 0.3 is 18.0 Å². The van der Waals surface area contributed by atoms with Crippen LogP contribution in [0.5, 0.6) is 0 Å². The van der Waals surface area contributed by atoms with Crippen LogP contribution in [0.4, 0.5) is 4.79 Å². The number of hydrogen-bond acceptors (Lipinski definition) is 6. The van der Waals surface area contributed by atoms with Gasteiger partial charge in [-0.05, 0) is 58.2 Å². The first-order valence-corrected chi connectivity index (χ1v) is 9.83. The fourth-order valence-electron chi connectivity index (χ4n) is 3.20. The first-order valence-electron chi connectivity index (χ1n) is 9.83. The molecule has 0 radical (unpaired) electrons. The van der Waals surface area contributed by atoms with Gasteiger partial charge in [-0.2, -0.15) is 0 Å². The lowest BCUT2D eigenvalue weighted by molar-refractivity contribution is -0.167. The Morgan fingerprint density at radius 3 is 2.34 bits per heavy atom. The van der Waals surface area contributed by atoms with E-state index in [1.807, 2.05) is 0 Å². The van der Waals surface area contributed by atoms with Crippen LogP contribution in [0.2, 0.25) is 0 Å². The second-order valence-corrected chi connectivity index (χ2v) is 8.18. The van der Waals surface area contributed by atoms with Crippen molar-refractivity contribution in [2.24, 2.45) is 5.92 Å². The number of alkyl carbamates (subject to hydrolysis) is 1. The normalized spacial score (nSPS) is 17.1. The van der Waals surface area contributed by atoms with Gasteiger partial charge in [0.05, 0.1) is 0 Å². The summed E-state index contributed by atoms with van der Waals surface area (Å²) in [6.45, 7) is 6.77. The maximum atomic E-state index is 12.4. The van der Waals surface area contributed by atoms with Gasteiger partial charge in [-0.1, -0.05) is 30.3 Å². The maximum absolute atomic E-state index is 12.4. The van der Waals surface area contributed by atoms with Crippen LogP contribution in [-0.2, 0) is 19.1 Å². The largest absolute Gasteiger partial charge is 0.478 e. The molecule has 29 heavy (non-hydrogen) atoms. The van der Waals surface area contributed by atoms with Crippen LogP contribution in [-0.4, -0.2) is 47.9 Å². The number of piperidine rings is 1. The molecule has 1 aromatic carbocycles. The van der Waals surface area contributed by atoms with Crippen LogP contribution in [0.3, 0.4) is 0 Å². The fourth-order valence-corrected chi connectivity index (χ4v) is 3.20. The Morgan fingerprint density at radius 1 is 1.17 bits per heavy atom. The molecule has 1 amide bonds. The topological polar surface area (TPSA) is 114 Å². The van der Waals surface area contributed by atoms with E-state index in [1.165, 1.54) is 0 Å². The van der Waals surface area contributed by atoms with Gasteiger partial charge < -0.3 is 25.2 Å². The Hall–Kier alpha value is -2.61. The molecule has 1 aliphatic rings. The number of ether oxygens (including phenoxy) is 2. The van der Waals surface area contributed by atoms with Crippen molar-refractivity contribution in [2.45, 2.75) is 57.8 Å². The van der Waals surface area contributed by atoms with E-state index in [1.54, 1.807) is 51.1 Å². The van der Waals surface area contributed by atoms with Crippen LogP contribution < -0.4 is 10.6 Å². The number of hydrogen-bond donors (Lipinski definition) is 3. The van der Waals surface area contributed by atoms with Crippen molar-refractivity contribution in [2.75, 3.05) is 13.1 Å². The van der Waals surface area contributed by atoms with Gasteiger partial charge in [0.1, 0.15) is 11.6 Å². The molecule has 1 saturated heterocycles. The molecule has 2 atom stereocenters. The second-order valence-electron chi connectivity index (χ2n) is 8.18. The minimum atomic E-state index is -1.57. The standard InChI is InChI=1S/C21H30N2O6/c1-21(2,3)29-20(27)23-17(15-7-5-4-6-8-15)18(19(25)26)28-16(24)13-14-9-11-22-12-10-14/h4-8,14,17-18,22H,9-13H2,1-3H3,(H,23,27)(H,25,26)/t17-,18+/m0/s1. The molecule has 1 heterocycles. The van der Waals surface area contributed by atoms with E-state index in [0.29, 0.717) is 5.56 Å². The number of carbonyl (C=O) groups excluding carboxylic acids is 2. The zero-order chi connectivity index (χ0) is 21.4. The van der Waals surface area contributed by atoms with Crippen LogP contribution in [0, 0.1) is 5.92 Å². The maximum Gasteiger partial charge on any atom is 0.408 e. The van der Waals surface area contributed by atoms with Gasteiger partial charge in [0.2, 0.25) is 6.10 Å². The van der Waals surface area contributed by atoms with Crippen molar-refractivity contribution < 1.29 is 29.0 Å². The van der Waals surface area contributed by atoms with Gasteiger partial charge in [0, 0.05) is 6.42 Å². The third-order valence-corrected chi connectivity index (χ3v) is 4.55. The van der Waals surface area contributed by atoms with Crippen LogP contribution >= 0.6 is 0 Å². The van der Waals surface area contributed by atoms with Crippen molar-refractivity contribution in [3.8, 4) is 0 Å². The average Bonchev–Trinajstić information content (AvgIpc) is 2.64. The molecule has 0 saturated carbocycles. The molecule has 2 rings (SSSR count). The zero-order valence-electron chi connectivity index (χ0n) is 17.1. The van der Waals surface area contributed by atoms with E-state index in [0.717, 1.165) is 25.9 Å². The first-order chi connectivity index (χ1) is 13.7. The second kappa shape index (κ2) is 10.2. The summed E-state index contributed by atoms with van der Waals surface area (Å²) >= 11 is 0. The smallest absolute Gasteiger partial charge is 0.408 e. The Kier molecular flexibility index (Phi) is 8.01. The number of esters is 1. The molecule has 0 spiro atoms. The number of aliphatic carboxylic acids is 1. The monoisotopic (exact) mass is 406 g/mol. The summed E-state index contributed by atoms with van der Waals surface area (Å²) in [6.07, 6.45) is -0.526. The number of nitrogens with one attached hydrogen (secondary N) is 2. The van der Waals surface area contributed by atoms with E-state index in [9.17, 15) is 19.5 Å². The molecule has 0 aliphatic carbocycles. The lowest BCUT2D eigenvalue weighted by atomic mass is 9.94. The number of benzene rings is 1. The van der Waals surface area contributed by atoms with E-state index < -0.39 is 35.8 Å². The minimum Gasteiger partial charge on any atom is -0.478 e. The van der Waals surface area contributed by atoms with Crippen molar-refractivity contribution in [1.29, 1.82) is 0 Å². The molecule has 0 unspecified atom stereocenters. The van der Waals surface area contributed by atoms with Crippen molar-refractivity contribution >= 4 is 18.0 Å². The predicted molar refractivity (Wildman–Crippen MR) is 106 cm³/mol. The third kappa shape index (κ3) is 7.73. The fraction of sp³-hybridized carbons (Fsp3) is 0.571. The Morgan fingerprint density at radius 2 is 1.79 bits per heavy atom. The quantitative estimate of drug-likeness (QED) is 0.597. The van der Waals surface area contributed by atoms with Crippen LogP contribution in [0.25, 0.3) is 0 Å². The molecule has 1 aliphatic heterocycles. The summed E-state index contributed by atoms with van der Waals surface area (Å²) in [5, 5.41) is 15.5. The minimum absolute atomic E-state index is 0.152. The molecule has 1 aromatic rings. The van der Waals surface area contributed by atoms with Gasteiger partial charge in [-0.3, -0.25) is 4.79 Å². The SMILES string of the molecule is CC(C)(C)OC(=O)N[C@@H](c1ccccc1)[C@@H](OC(=O)CC1CCNCC1)C(=O)O. The highest BCUT2D eigenvalue weighted by Gasteiger charge is 2.36. The van der Waals surface area contributed by atoms with E-state index in [4.69, 9.17) is 9.47 Å². The van der Waals surface area contributed by atoms with Crippen molar-refractivity contribution in [1.82, 2.24) is 10.6 Å². The van der Waals surface area contributed by atoms with E-state index in [-0.39, 0.29) is 12.3 Å². The highest BCUT2D eigenvalue weighted by Crippen LogP contribution is 2.23. The molecule has 3 N–H and O–H groups in total. The summed E-state index contributed by atoms with van der Waals surface area (Å²) in [5.41, 5.74) is -0.254. The predicted octanol–water partition coefficient (Wildman–Crippen LogP) is 2.64. The number of amides is 1. The molecular formula is C21H30N2O6. The van der Waals surface area contributed by atoms with Crippen molar-refractivity contribution in [3.05, 3.63) is 35.9 Å². The zero-order valence-corrected chi connectivity index (χ0v) is 17.1. The van der Waals surface area contributed by atoms with Gasteiger partial charge in [-0.15, -0.1) is 0 Å².